The van der Waals surface area contributed by atoms with E-state index in [9.17, 15) is 9.90 Å². The zero-order chi connectivity index (χ0) is 19.0. The van der Waals surface area contributed by atoms with Gasteiger partial charge in [0.25, 0.3) is 0 Å². The Morgan fingerprint density at radius 2 is 2.00 bits per heavy atom. The van der Waals surface area contributed by atoms with Crippen LogP contribution in [-0.4, -0.2) is 39.3 Å². The Labute approximate surface area is 162 Å². The van der Waals surface area contributed by atoms with Crippen molar-refractivity contribution in [2.24, 2.45) is 0 Å². The lowest BCUT2D eigenvalue weighted by Gasteiger charge is -2.38. The number of aromatic nitrogens is 2. The van der Waals surface area contributed by atoms with Crippen molar-refractivity contribution in [2.75, 3.05) is 18.4 Å². The molecule has 0 atom stereocenters. The second-order valence-electron chi connectivity index (χ2n) is 7.03. The molecule has 140 valence electrons. The molecule has 1 fully saturated rings. The highest BCUT2D eigenvalue weighted by molar-refractivity contribution is 6.31. The van der Waals surface area contributed by atoms with Crippen molar-refractivity contribution >= 4 is 34.4 Å². The minimum atomic E-state index is -0.965. The monoisotopic (exact) mass is 384 g/mol. The van der Waals surface area contributed by atoms with Crippen LogP contribution in [0.4, 0.5) is 10.6 Å². The zero-order valence-electron chi connectivity index (χ0n) is 15.0. The number of nitrogens with zero attached hydrogens (tertiary/aromatic N) is 2. The average molecular weight is 385 g/mol. The van der Waals surface area contributed by atoms with Crippen LogP contribution < -0.4 is 5.32 Å². The van der Waals surface area contributed by atoms with Crippen molar-refractivity contribution in [2.45, 2.75) is 25.4 Å². The number of fused-ring (bicyclic) bond motifs is 1. The lowest BCUT2D eigenvalue weighted by Crippen LogP contribution is -2.46. The first kappa shape index (κ1) is 17.8. The van der Waals surface area contributed by atoms with E-state index in [1.165, 1.54) is 0 Å². The number of amides is 2. The van der Waals surface area contributed by atoms with Crippen LogP contribution in [0.25, 0.3) is 10.9 Å². The number of H-pyrrole nitrogens is 1. The van der Waals surface area contributed by atoms with Gasteiger partial charge in [-0.25, -0.2) is 4.79 Å². The number of likely N-dealkylation sites (tertiary alicyclic amines) is 1. The molecule has 0 saturated carbocycles. The number of halogens is 1. The summed E-state index contributed by atoms with van der Waals surface area (Å²) < 4.78 is 0. The molecule has 7 heteroatoms. The molecule has 2 aromatic carbocycles. The molecule has 0 radical (unpaired) electrons. The predicted molar refractivity (Wildman–Crippen MR) is 106 cm³/mol. The van der Waals surface area contributed by atoms with Crippen molar-refractivity contribution < 1.29 is 9.90 Å². The number of carbonyl (C=O) groups is 1. The van der Waals surface area contributed by atoms with Gasteiger partial charge in [-0.15, -0.1) is 0 Å². The summed E-state index contributed by atoms with van der Waals surface area (Å²) in [6.45, 7) is 2.84. The molecular formula is C20H21ClN4O2. The largest absolute Gasteiger partial charge is 0.385 e. The number of hydrogen-bond acceptors (Lipinski definition) is 3. The van der Waals surface area contributed by atoms with E-state index < -0.39 is 5.60 Å². The van der Waals surface area contributed by atoms with Crippen LogP contribution in [0.1, 0.15) is 24.0 Å². The van der Waals surface area contributed by atoms with Crippen molar-refractivity contribution in [3.05, 3.63) is 58.6 Å². The average Bonchev–Trinajstić information content (AvgIpc) is 3.07. The van der Waals surface area contributed by atoms with Gasteiger partial charge in [-0.3, -0.25) is 10.4 Å². The lowest BCUT2D eigenvalue weighted by molar-refractivity contribution is -0.0157. The molecule has 0 aliphatic carbocycles. The molecule has 4 rings (SSSR count). The van der Waals surface area contributed by atoms with Gasteiger partial charge in [0.15, 0.2) is 5.82 Å². The molecule has 0 unspecified atom stereocenters. The Bertz CT molecular complexity index is 993. The van der Waals surface area contributed by atoms with Gasteiger partial charge >= 0.3 is 6.03 Å². The first-order valence-corrected chi connectivity index (χ1v) is 9.32. The maximum atomic E-state index is 12.6. The van der Waals surface area contributed by atoms with E-state index >= 15 is 0 Å². The fourth-order valence-electron chi connectivity index (χ4n) is 3.49. The summed E-state index contributed by atoms with van der Waals surface area (Å²) in [6, 6.07) is 13.1. The molecule has 1 aromatic heterocycles. The SMILES string of the molecule is Cc1ccc(C2(O)CCN(C(=O)Nc3n[nH]c4ccccc34)CC2)cc1Cl. The number of carbonyl (C=O) groups excluding carboxylic acids is 1. The lowest BCUT2D eigenvalue weighted by atomic mass is 9.84. The first-order chi connectivity index (χ1) is 13.0. The normalized spacial score (nSPS) is 16.5. The molecule has 0 spiro atoms. The highest BCUT2D eigenvalue weighted by atomic mass is 35.5. The summed E-state index contributed by atoms with van der Waals surface area (Å²) in [5, 5.41) is 22.5. The Kier molecular flexibility index (Phi) is 4.53. The number of urea groups is 1. The van der Waals surface area contributed by atoms with Gasteiger partial charge in [-0.2, -0.15) is 5.10 Å². The van der Waals surface area contributed by atoms with Crippen LogP contribution >= 0.6 is 11.6 Å². The van der Waals surface area contributed by atoms with E-state index in [0.717, 1.165) is 22.0 Å². The summed E-state index contributed by atoms with van der Waals surface area (Å²) in [4.78, 5) is 14.3. The van der Waals surface area contributed by atoms with E-state index in [4.69, 9.17) is 11.6 Å². The van der Waals surface area contributed by atoms with Gasteiger partial charge < -0.3 is 10.0 Å². The number of aromatic amines is 1. The number of nitrogens with one attached hydrogen (secondary N) is 2. The quantitative estimate of drug-likeness (QED) is 0.623. The summed E-state index contributed by atoms with van der Waals surface area (Å²) >= 11 is 6.21. The summed E-state index contributed by atoms with van der Waals surface area (Å²) in [6.07, 6.45) is 0.919. The van der Waals surface area contributed by atoms with E-state index in [-0.39, 0.29) is 6.03 Å². The van der Waals surface area contributed by atoms with Gasteiger partial charge in [0.2, 0.25) is 0 Å². The van der Waals surface area contributed by atoms with Crippen LogP contribution in [0.5, 0.6) is 0 Å². The van der Waals surface area contributed by atoms with E-state index in [1.807, 2.05) is 49.4 Å². The molecule has 1 saturated heterocycles. The summed E-state index contributed by atoms with van der Waals surface area (Å²) in [7, 11) is 0. The highest BCUT2D eigenvalue weighted by Gasteiger charge is 2.35. The maximum Gasteiger partial charge on any atom is 0.323 e. The second-order valence-corrected chi connectivity index (χ2v) is 7.44. The van der Waals surface area contributed by atoms with Gasteiger partial charge in [0, 0.05) is 23.5 Å². The molecule has 6 nitrogen and oxygen atoms in total. The van der Waals surface area contributed by atoms with E-state index in [2.05, 4.69) is 15.5 Å². The number of para-hydroxylation sites is 1. The third-order valence-electron chi connectivity index (χ3n) is 5.28. The van der Waals surface area contributed by atoms with Crippen LogP contribution in [0, 0.1) is 6.92 Å². The third-order valence-corrected chi connectivity index (χ3v) is 5.69. The van der Waals surface area contributed by atoms with Crippen molar-refractivity contribution in [3.8, 4) is 0 Å². The Morgan fingerprint density at radius 3 is 2.74 bits per heavy atom. The Hall–Kier alpha value is -2.57. The van der Waals surface area contributed by atoms with Crippen LogP contribution in [0.3, 0.4) is 0 Å². The molecule has 2 heterocycles. The molecule has 1 aliphatic rings. The minimum absolute atomic E-state index is 0.212. The van der Waals surface area contributed by atoms with Crippen molar-refractivity contribution in [1.82, 2.24) is 15.1 Å². The number of piperidine rings is 1. The van der Waals surface area contributed by atoms with E-state index in [1.54, 1.807) is 4.90 Å². The molecule has 27 heavy (non-hydrogen) atoms. The van der Waals surface area contributed by atoms with Crippen molar-refractivity contribution in [1.29, 1.82) is 0 Å². The van der Waals surface area contributed by atoms with Crippen LogP contribution in [0.2, 0.25) is 5.02 Å². The van der Waals surface area contributed by atoms with Gasteiger partial charge in [0.1, 0.15) is 0 Å². The number of rotatable bonds is 2. The van der Waals surface area contributed by atoms with E-state index in [0.29, 0.717) is 36.8 Å². The zero-order valence-corrected chi connectivity index (χ0v) is 15.8. The number of benzene rings is 2. The second kappa shape index (κ2) is 6.87. The Morgan fingerprint density at radius 1 is 1.26 bits per heavy atom. The smallest absolute Gasteiger partial charge is 0.323 e. The van der Waals surface area contributed by atoms with Gasteiger partial charge in [0.05, 0.1) is 11.1 Å². The summed E-state index contributed by atoms with van der Waals surface area (Å²) in [5.74, 6) is 0.516. The molecule has 3 N–H and O–H groups in total. The maximum absolute atomic E-state index is 12.6. The topological polar surface area (TPSA) is 81.2 Å². The van der Waals surface area contributed by atoms with Crippen LogP contribution in [-0.2, 0) is 5.60 Å². The predicted octanol–water partition coefficient (Wildman–Crippen LogP) is 4.04. The van der Waals surface area contributed by atoms with Gasteiger partial charge in [-0.05, 0) is 49.1 Å². The van der Waals surface area contributed by atoms with Crippen LogP contribution in [0.15, 0.2) is 42.5 Å². The molecule has 3 aromatic rings. The number of hydrogen-bond donors (Lipinski definition) is 3. The number of aryl methyl sites for hydroxylation is 1. The fourth-order valence-corrected chi connectivity index (χ4v) is 3.67. The standard InChI is InChI=1S/C20H21ClN4O2/c1-13-6-7-14(12-16(13)21)20(27)8-10-25(11-9-20)19(26)22-18-15-4-2-3-5-17(15)23-24-18/h2-7,12,27H,8-11H2,1H3,(H2,22,23,24,26). The van der Waals surface area contributed by atoms with Gasteiger partial charge in [-0.1, -0.05) is 35.9 Å². The highest BCUT2D eigenvalue weighted by Crippen LogP contribution is 2.35. The first-order valence-electron chi connectivity index (χ1n) is 8.94. The number of aliphatic hydroxyl groups is 1. The minimum Gasteiger partial charge on any atom is -0.385 e. The fraction of sp³-hybridized carbons (Fsp3) is 0.300. The molecule has 0 bridgehead atoms. The molecule has 2 amide bonds. The third kappa shape index (κ3) is 3.38. The molecular weight excluding hydrogens is 364 g/mol. The van der Waals surface area contributed by atoms with Crippen molar-refractivity contribution in [3.63, 3.8) is 0 Å². The Balaban J connectivity index is 1.44. The molecule has 1 aliphatic heterocycles. The summed E-state index contributed by atoms with van der Waals surface area (Å²) in [5.41, 5.74) is 1.69. The number of anilines is 1.